The summed E-state index contributed by atoms with van der Waals surface area (Å²) in [7, 11) is 0. The van der Waals surface area contributed by atoms with Crippen molar-refractivity contribution in [2.75, 3.05) is 33.0 Å². The molecule has 0 radical (unpaired) electrons. The zero-order chi connectivity index (χ0) is 31.6. The van der Waals surface area contributed by atoms with Crippen molar-refractivity contribution in [3.05, 3.63) is 10.4 Å². The Morgan fingerprint density at radius 3 is 2.40 bits per heavy atom. The first-order chi connectivity index (χ1) is 19.8. The number of azide groups is 1. The quantitative estimate of drug-likeness (QED) is 0.0266. The Balaban J connectivity index is 0.00000924. The molecule has 2 fully saturated rings. The van der Waals surface area contributed by atoms with Gasteiger partial charge in [-0.1, -0.05) is 5.11 Å². The largest absolute Gasteiger partial charge is 1.00 e. The summed E-state index contributed by atoms with van der Waals surface area (Å²) in [5.41, 5.74) is 8.38. The van der Waals surface area contributed by atoms with Crippen LogP contribution in [0.1, 0.15) is 19.8 Å². The van der Waals surface area contributed by atoms with Crippen LogP contribution in [-0.2, 0) is 33.3 Å². The van der Waals surface area contributed by atoms with Crippen molar-refractivity contribution in [3.63, 3.8) is 0 Å². The first-order valence-electron chi connectivity index (χ1n) is 12.8. The standard InChI is InChI=1S/C22H37N5O15.Na/c1-9(30)25-15-18(36)17(35)12(41-20(15)39-4-2-3-24-27-23)8-40-22(21(37)38)5-10(31)14(26-13(33)7-29)19(42-22)16(34)11(32)6-28;/h10-12,14-20,28-29,31-32,34-36H,2-8H2,1H3,(H,25,30)(H,26,33)(H,37,38);/q;+1/p-1/t10-,11+,12+,14+,15+,16+,17-,18+,19+,20-,22+;/m0./s1. The van der Waals surface area contributed by atoms with Crippen molar-refractivity contribution in [3.8, 4) is 0 Å². The van der Waals surface area contributed by atoms with E-state index in [1.54, 1.807) is 0 Å². The number of nitrogens with one attached hydrogen (secondary N) is 2. The summed E-state index contributed by atoms with van der Waals surface area (Å²) in [6.07, 6.45) is -15.0. The monoisotopic (exact) mass is 633 g/mol. The number of amides is 2. The molecule has 0 unspecified atom stereocenters. The number of hydrogen-bond acceptors (Lipinski definition) is 16. The van der Waals surface area contributed by atoms with Gasteiger partial charge < -0.3 is 75.2 Å². The molecule has 2 saturated heterocycles. The number of ether oxygens (including phenoxy) is 4. The fourth-order valence-corrected chi connectivity index (χ4v) is 4.46. The molecular formula is C22H36N5NaO15. The Morgan fingerprint density at radius 1 is 1.16 bits per heavy atom. The molecule has 43 heavy (non-hydrogen) atoms. The van der Waals surface area contributed by atoms with Gasteiger partial charge >= 0.3 is 29.6 Å². The maximum Gasteiger partial charge on any atom is 1.00 e. The van der Waals surface area contributed by atoms with Crippen LogP contribution in [0.2, 0.25) is 0 Å². The third kappa shape index (κ3) is 10.4. The summed E-state index contributed by atoms with van der Waals surface area (Å²) in [6, 6.07) is -2.89. The average molecular weight is 634 g/mol. The third-order valence-corrected chi connectivity index (χ3v) is 6.57. The summed E-state index contributed by atoms with van der Waals surface area (Å²) in [5, 5.41) is 90.8. The minimum atomic E-state index is -2.89. The summed E-state index contributed by atoms with van der Waals surface area (Å²) >= 11 is 0. The molecule has 20 nitrogen and oxygen atoms in total. The van der Waals surface area contributed by atoms with E-state index in [9.17, 15) is 50.1 Å². The molecule has 2 heterocycles. The molecule has 240 valence electrons. The number of hydrogen-bond donors (Lipinski definition) is 9. The van der Waals surface area contributed by atoms with Crippen LogP contribution < -0.4 is 45.3 Å². The van der Waals surface area contributed by atoms with Crippen LogP contribution in [0.15, 0.2) is 5.11 Å². The van der Waals surface area contributed by atoms with Crippen LogP contribution in [0.3, 0.4) is 0 Å². The molecule has 0 aromatic carbocycles. The van der Waals surface area contributed by atoms with E-state index in [0.29, 0.717) is 0 Å². The van der Waals surface area contributed by atoms with Gasteiger partial charge in [-0.25, -0.2) is 0 Å². The molecule has 9 N–H and O–H groups in total. The van der Waals surface area contributed by atoms with E-state index >= 15 is 0 Å². The zero-order valence-corrected chi connectivity index (χ0v) is 25.5. The number of carbonyl (C=O) groups excluding carboxylic acids is 3. The van der Waals surface area contributed by atoms with Crippen molar-refractivity contribution in [1.82, 2.24) is 10.6 Å². The van der Waals surface area contributed by atoms with Gasteiger partial charge in [-0.05, 0) is 12.0 Å². The topological polar surface area (TPSA) is 326 Å². The number of rotatable bonds is 15. The maximum absolute atomic E-state index is 12.2. The molecule has 2 rings (SSSR count). The molecule has 0 saturated carbocycles. The molecule has 0 aromatic rings. The fraction of sp³-hybridized carbons (Fsp3) is 0.864. The molecule has 2 aliphatic heterocycles. The van der Waals surface area contributed by atoms with Crippen molar-refractivity contribution < 1.29 is 104 Å². The van der Waals surface area contributed by atoms with E-state index in [4.69, 9.17) is 29.6 Å². The van der Waals surface area contributed by atoms with Gasteiger partial charge in [0.2, 0.25) is 17.6 Å². The molecular weight excluding hydrogens is 597 g/mol. The molecule has 0 aliphatic carbocycles. The summed E-state index contributed by atoms with van der Waals surface area (Å²) in [6.45, 7) is -1.85. The van der Waals surface area contributed by atoms with Crippen LogP contribution in [0.5, 0.6) is 0 Å². The Bertz CT molecular complexity index is 977. The number of nitrogens with zero attached hydrogens (tertiary/aromatic N) is 3. The Kier molecular flexibility index (Phi) is 16.7. The molecule has 11 atom stereocenters. The summed E-state index contributed by atoms with van der Waals surface area (Å²) < 4.78 is 22.0. The maximum atomic E-state index is 12.2. The van der Waals surface area contributed by atoms with Gasteiger partial charge in [-0.3, -0.25) is 9.59 Å². The van der Waals surface area contributed by atoms with Gasteiger partial charge in [0.15, 0.2) is 6.29 Å². The molecule has 21 heteroatoms. The molecule has 0 bridgehead atoms. The smallest absolute Gasteiger partial charge is 0.544 e. The first-order valence-corrected chi connectivity index (χ1v) is 12.8. The predicted octanol–water partition coefficient (Wildman–Crippen LogP) is -9.54. The zero-order valence-electron chi connectivity index (χ0n) is 23.5. The number of aliphatic hydroxyl groups excluding tert-OH is 7. The average Bonchev–Trinajstić information content (AvgIpc) is 2.95. The number of aliphatic carboxylic acids is 1. The predicted molar refractivity (Wildman–Crippen MR) is 130 cm³/mol. The van der Waals surface area contributed by atoms with Crippen LogP contribution in [-0.4, -0.2) is 153 Å². The van der Waals surface area contributed by atoms with Gasteiger partial charge in [0.05, 0.1) is 25.4 Å². The minimum Gasteiger partial charge on any atom is -0.544 e. The Labute approximate surface area is 266 Å². The van der Waals surface area contributed by atoms with Gasteiger partial charge in [0.25, 0.3) is 0 Å². The normalized spacial score (nSPS) is 33.7. The second-order valence-corrected chi connectivity index (χ2v) is 9.63. The second kappa shape index (κ2) is 18.3. The SMILES string of the molecule is CC(=O)N[C@H]1[C@@H](OCCCN=[N+]=[N-])O[C@H](CO[C@]2(C(=O)[O-])C[C@H](O)[C@@H](NC(=O)CO)[C@H]([C@H](O)[C@H](O)CO)O2)[C@H](O)[C@@H]1O.[Na+]. The summed E-state index contributed by atoms with van der Waals surface area (Å²) in [5.74, 6) is -6.64. The van der Waals surface area contributed by atoms with Gasteiger partial charge in [0.1, 0.15) is 55.2 Å². The van der Waals surface area contributed by atoms with Crippen molar-refractivity contribution in [1.29, 1.82) is 0 Å². The Morgan fingerprint density at radius 2 is 1.84 bits per heavy atom. The van der Waals surface area contributed by atoms with Gasteiger partial charge in [0, 0.05) is 31.4 Å². The van der Waals surface area contributed by atoms with E-state index in [2.05, 4.69) is 20.7 Å². The van der Waals surface area contributed by atoms with E-state index in [1.807, 2.05) is 0 Å². The first kappa shape index (κ1) is 39.3. The van der Waals surface area contributed by atoms with E-state index in [1.165, 1.54) is 0 Å². The van der Waals surface area contributed by atoms with Gasteiger partial charge in [-0.2, -0.15) is 0 Å². The second-order valence-electron chi connectivity index (χ2n) is 9.63. The fourth-order valence-electron chi connectivity index (χ4n) is 4.46. The molecule has 2 aliphatic rings. The van der Waals surface area contributed by atoms with E-state index < -0.39 is 111 Å². The van der Waals surface area contributed by atoms with Crippen molar-refractivity contribution in [2.45, 2.75) is 86.7 Å². The van der Waals surface area contributed by atoms with Crippen molar-refractivity contribution in [2.24, 2.45) is 5.11 Å². The molecule has 2 amide bonds. The number of carbonyl (C=O) groups is 3. The molecule has 0 aromatic heterocycles. The molecule has 0 spiro atoms. The number of carboxylic acid groups (broad SMARTS) is 1. The number of carboxylic acids is 1. The van der Waals surface area contributed by atoms with Gasteiger partial charge in [-0.15, -0.1) is 0 Å². The minimum absolute atomic E-state index is 0. The van der Waals surface area contributed by atoms with Crippen molar-refractivity contribution >= 4 is 17.8 Å². The van der Waals surface area contributed by atoms with Crippen LogP contribution >= 0.6 is 0 Å². The van der Waals surface area contributed by atoms with Crippen LogP contribution in [0, 0.1) is 0 Å². The summed E-state index contributed by atoms with van der Waals surface area (Å²) in [4.78, 5) is 38.3. The van der Waals surface area contributed by atoms with Crippen LogP contribution in [0.25, 0.3) is 10.4 Å². The third-order valence-electron chi connectivity index (χ3n) is 6.57. The van der Waals surface area contributed by atoms with E-state index in [-0.39, 0.29) is 49.1 Å². The van der Waals surface area contributed by atoms with E-state index in [0.717, 1.165) is 6.92 Å². The Hall–Kier alpha value is -1.72. The number of aliphatic hydroxyl groups is 7. The van der Waals surface area contributed by atoms with Crippen LogP contribution in [0.4, 0.5) is 0 Å².